The number of aryl methyl sites for hydroxylation is 2. The number of hydrogen-bond acceptors (Lipinski definition) is 4. The van der Waals surface area contributed by atoms with Gasteiger partial charge in [0, 0.05) is 24.2 Å². The molecular weight excluding hydrogens is 278 g/mol. The first-order valence-electron chi connectivity index (χ1n) is 7.56. The van der Waals surface area contributed by atoms with E-state index in [2.05, 4.69) is 12.0 Å². The number of hydrogen-bond donors (Lipinski definition) is 1. The lowest BCUT2D eigenvalue weighted by Gasteiger charge is -2.13. The van der Waals surface area contributed by atoms with Gasteiger partial charge in [-0.2, -0.15) is 5.10 Å². The molecule has 2 N–H and O–H groups in total. The van der Waals surface area contributed by atoms with Crippen molar-refractivity contribution in [3.8, 4) is 17.0 Å². The Hall–Kier alpha value is -2.14. The maximum atomic E-state index is 12.3. The summed E-state index contributed by atoms with van der Waals surface area (Å²) < 4.78 is 6.94. The number of nitrogens with zero attached hydrogens (tertiary/aromatic N) is 2. The molecule has 0 bridgehead atoms. The van der Waals surface area contributed by atoms with Crippen LogP contribution in [0.3, 0.4) is 0 Å². The fourth-order valence-corrected chi connectivity index (χ4v) is 2.36. The molecule has 0 unspecified atom stereocenters. The second-order valence-electron chi connectivity index (χ2n) is 5.34. The molecule has 0 aliphatic heterocycles. The number of unbranched alkanes of at least 4 members (excludes halogenated alkanes) is 1. The van der Waals surface area contributed by atoms with Gasteiger partial charge in [-0.05, 0) is 31.5 Å². The van der Waals surface area contributed by atoms with Crippen LogP contribution in [0.1, 0.15) is 30.9 Å². The van der Waals surface area contributed by atoms with Gasteiger partial charge in [0.15, 0.2) is 0 Å². The molecule has 2 aromatic rings. The van der Waals surface area contributed by atoms with Gasteiger partial charge in [-0.1, -0.05) is 25.0 Å². The predicted octanol–water partition coefficient (Wildman–Crippen LogP) is 2.49. The third-order valence-electron chi connectivity index (χ3n) is 3.62. The molecule has 118 valence electrons. The first-order valence-corrected chi connectivity index (χ1v) is 7.56. The zero-order chi connectivity index (χ0) is 16.1. The summed E-state index contributed by atoms with van der Waals surface area (Å²) in [6.07, 6.45) is 1.91. The molecule has 0 aliphatic carbocycles. The van der Waals surface area contributed by atoms with Crippen molar-refractivity contribution in [2.45, 2.75) is 39.8 Å². The van der Waals surface area contributed by atoms with E-state index in [9.17, 15) is 4.79 Å². The molecule has 0 amide bonds. The van der Waals surface area contributed by atoms with Crippen LogP contribution in [0.15, 0.2) is 29.1 Å². The van der Waals surface area contributed by atoms with Crippen LogP contribution < -0.4 is 16.0 Å². The molecule has 0 atom stereocenters. The average Bonchev–Trinajstić information content (AvgIpc) is 2.53. The maximum absolute atomic E-state index is 12.3. The zero-order valence-electron chi connectivity index (χ0n) is 13.4. The Labute approximate surface area is 130 Å². The van der Waals surface area contributed by atoms with Crippen molar-refractivity contribution >= 4 is 0 Å². The second kappa shape index (κ2) is 7.22. The van der Waals surface area contributed by atoms with Crippen molar-refractivity contribution in [3.05, 3.63) is 45.7 Å². The van der Waals surface area contributed by atoms with E-state index in [0.717, 1.165) is 35.4 Å². The van der Waals surface area contributed by atoms with E-state index < -0.39 is 0 Å². The highest BCUT2D eigenvalue weighted by Gasteiger charge is 2.12. The maximum Gasteiger partial charge on any atom is 0.271 e. The van der Waals surface area contributed by atoms with Gasteiger partial charge in [0.2, 0.25) is 0 Å². The number of methoxy groups -OCH3 is 1. The van der Waals surface area contributed by atoms with Gasteiger partial charge in [0.1, 0.15) is 5.75 Å². The molecule has 0 spiro atoms. The third kappa shape index (κ3) is 3.36. The minimum Gasteiger partial charge on any atom is -0.496 e. The first kappa shape index (κ1) is 16.2. The molecule has 5 nitrogen and oxygen atoms in total. The van der Waals surface area contributed by atoms with E-state index in [1.165, 1.54) is 4.68 Å². The van der Waals surface area contributed by atoms with Gasteiger partial charge < -0.3 is 10.5 Å². The van der Waals surface area contributed by atoms with E-state index in [4.69, 9.17) is 10.5 Å². The Balaban J connectivity index is 2.60. The molecular formula is C17H23N3O2. The first-order chi connectivity index (χ1) is 10.6. The van der Waals surface area contributed by atoms with Crippen molar-refractivity contribution in [1.82, 2.24) is 9.78 Å². The lowest BCUT2D eigenvalue weighted by Crippen LogP contribution is -2.28. The lowest BCUT2D eigenvalue weighted by molar-refractivity contribution is 0.416. The summed E-state index contributed by atoms with van der Waals surface area (Å²) in [4.78, 5) is 12.3. The van der Waals surface area contributed by atoms with Gasteiger partial charge in [0.25, 0.3) is 5.56 Å². The van der Waals surface area contributed by atoms with Crippen LogP contribution in [0.5, 0.6) is 5.75 Å². The van der Waals surface area contributed by atoms with Crippen LogP contribution >= 0.6 is 0 Å². The highest BCUT2D eigenvalue weighted by molar-refractivity contribution is 5.68. The van der Waals surface area contributed by atoms with Crippen molar-refractivity contribution in [2.75, 3.05) is 7.11 Å². The van der Waals surface area contributed by atoms with Crippen LogP contribution in [0.25, 0.3) is 11.3 Å². The van der Waals surface area contributed by atoms with E-state index in [1.807, 2.05) is 25.1 Å². The van der Waals surface area contributed by atoms with Crippen molar-refractivity contribution in [2.24, 2.45) is 5.73 Å². The fraction of sp³-hybridized carbons (Fsp3) is 0.412. The summed E-state index contributed by atoms with van der Waals surface area (Å²) >= 11 is 0. The largest absolute Gasteiger partial charge is 0.496 e. The average molecular weight is 301 g/mol. The highest BCUT2D eigenvalue weighted by atomic mass is 16.5. The molecule has 2 rings (SSSR count). The minimum absolute atomic E-state index is 0.105. The molecule has 1 aromatic heterocycles. The van der Waals surface area contributed by atoms with Crippen molar-refractivity contribution in [3.63, 3.8) is 0 Å². The summed E-state index contributed by atoms with van der Waals surface area (Å²) in [5.74, 6) is 0.738. The molecule has 5 heteroatoms. The monoisotopic (exact) mass is 301 g/mol. The smallest absolute Gasteiger partial charge is 0.271 e. The van der Waals surface area contributed by atoms with Gasteiger partial charge in [0.05, 0.1) is 12.8 Å². The molecule has 22 heavy (non-hydrogen) atoms. The number of nitrogens with two attached hydrogens (primary N) is 1. The number of ether oxygens (including phenoxy) is 1. The third-order valence-corrected chi connectivity index (χ3v) is 3.62. The van der Waals surface area contributed by atoms with E-state index in [-0.39, 0.29) is 12.1 Å². The number of aromatic nitrogens is 2. The van der Waals surface area contributed by atoms with E-state index in [0.29, 0.717) is 12.1 Å². The quantitative estimate of drug-likeness (QED) is 0.890. The van der Waals surface area contributed by atoms with Crippen LogP contribution in [-0.2, 0) is 13.1 Å². The predicted molar refractivity (Wildman–Crippen MR) is 88.0 cm³/mol. The lowest BCUT2D eigenvalue weighted by atomic mass is 10.1. The van der Waals surface area contributed by atoms with Crippen molar-refractivity contribution < 1.29 is 4.74 Å². The number of benzene rings is 1. The van der Waals surface area contributed by atoms with Crippen molar-refractivity contribution in [1.29, 1.82) is 0 Å². The molecule has 0 radical (unpaired) electrons. The second-order valence-corrected chi connectivity index (χ2v) is 5.34. The Kier molecular flexibility index (Phi) is 5.33. The summed E-state index contributed by atoms with van der Waals surface area (Å²) in [6.45, 7) is 4.90. The summed E-state index contributed by atoms with van der Waals surface area (Å²) in [6, 6.07) is 7.67. The van der Waals surface area contributed by atoms with Crippen LogP contribution in [-0.4, -0.2) is 16.9 Å². The van der Waals surface area contributed by atoms with Gasteiger partial charge >= 0.3 is 0 Å². The van der Waals surface area contributed by atoms with Gasteiger partial charge in [-0.25, -0.2) is 4.68 Å². The molecule has 0 saturated carbocycles. The van der Waals surface area contributed by atoms with Crippen LogP contribution in [0, 0.1) is 6.92 Å². The molecule has 0 fully saturated rings. The molecule has 1 heterocycles. The van der Waals surface area contributed by atoms with Crippen LogP contribution in [0.4, 0.5) is 0 Å². The van der Waals surface area contributed by atoms with E-state index in [1.54, 1.807) is 13.2 Å². The fourth-order valence-electron chi connectivity index (χ4n) is 2.36. The van der Waals surface area contributed by atoms with Gasteiger partial charge in [-0.3, -0.25) is 4.79 Å². The van der Waals surface area contributed by atoms with E-state index >= 15 is 0 Å². The minimum atomic E-state index is -0.105. The summed E-state index contributed by atoms with van der Waals surface area (Å²) in [5, 5.41) is 4.51. The Morgan fingerprint density at radius 2 is 2.09 bits per heavy atom. The van der Waals surface area contributed by atoms with Crippen LogP contribution in [0.2, 0.25) is 0 Å². The summed E-state index contributed by atoms with van der Waals surface area (Å²) in [5.41, 5.74) is 8.90. The Morgan fingerprint density at radius 3 is 2.73 bits per heavy atom. The summed E-state index contributed by atoms with van der Waals surface area (Å²) in [7, 11) is 1.63. The standard InChI is InChI=1S/C17H23N3O2/c1-4-5-8-20-17(21)13(11-18)10-15(19-20)14-9-12(2)6-7-16(14)22-3/h6-7,9-10H,4-5,8,11,18H2,1-3H3. The molecule has 1 aromatic carbocycles. The SMILES string of the molecule is CCCCn1nc(-c2cc(C)ccc2OC)cc(CN)c1=O. The van der Waals surface area contributed by atoms with Gasteiger partial charge in [-0.15, -0.1) is 0 Å². The highest BCUT2D eigenvalue weighted by Crippen LogP contribution is 2.29. The Bertz CT molecular complexity index is 708. The molecule has 0 aliphatic rings. The number of rotatable bonds is 6. The Morgan fingerprint density at radius 1 is 1.32 bits per heavy atom. The normalized spacial score (nSPS) is 10.7. The topological polar surface area (TPSA) is 70.1 Å². The molecule has 0 saturated heterocycles. The zero-order valence-corrected chi connectivity index (χ0v) is 13.4.